The van der Waals surface area contributed by atoms with Crippen LogP contribution < -0.4 is 0 Å². The van der Waals surface area contributed by atoms with E-state index in [9.17, 15) is 13.2 Å². The SMILES string of the molecule is CCc1c(CO)nnn1-c1ccc(C(F)(F)F)cc1. The van der Waals surface area contributed by atoms with Crippen molar-refractivity contribution in [2.75, 3.05) is 0 Å². The summed E-state index contributed by atoms with van der Waals surface area (Å²) >= 11 is 0. The molecule has 0 unspecified atom stereocenters. The van der Waals surface area contributed by atoms with Crippen LogP contribution in [0.3, 0.4) is 0 Å². The summed E-state index contributed by atoms with van der Waals surface area (Å²) in [6.45, 7) is 1.61. The van der Waals surface area contributed by atoms with Crippen LogP contribution in [0.15, 0.2) is 24.3 Å². The second-order valence-electron chi connectivity index (χ2n) is 3.95. The number of aromatic nitrogens is 3. The molecule has 2 rings (SSSR count). The number of alkyl halides is 3. The molecule has 0 aliphatic rings. The first kappa shape index (κ1) is 13.5. The van der Waals surface area contributed by atoms with Crippen molar-refractivity contribution in [3.05, 3.63) is 41.2 Å². The summed E-state index contributed by atoms with van der Waals surface area (Å²) in [5, 5.41) is 16.7. The van der Waals surface area contributed by atoms with Crippen molar-refractivity contribution < 1.29 is 18.3 Å². The van der Waals surface area contributed by atoms with Crippen LogP contribution in [0, 0.1) is 0 Å². The molecule has 0 spiro atoms. The normalized spacial score (nSPS) is 11.8. The van der Waals surface area contributed by atoms with Gasteiger partial charge in [0, 0.05) is 0 Å². The predicted molar refractivity (Wildman–Crippen MR) is 61.7 cm³/mol. The van der Waals surface area contributed by atoms with Crippen molar-refractivity contribution in [2.24, 2.45) is 0 Å². The highest BCUT2D eigenvalue weighted by atomic mass is 19.4. The highest BCUT2D eigenvalue weighted by molar-refractivity contribution is 5.36. The Labute approximate surface area is 107 Å². The molecule has 1 aromatic heterocycles. The fourth-order valence-corrected chi connectivity index (χ4v) is 1.81. The minimum absolute atomic E-state index is 0.246. The zero-order chi connectivity index (χ0) is 14.0. The summed E-state index contributed by atoms with van der Waals surface area (Å²) in [4.78, 5) is 0. The van der Waals surface area contributed by atoms with Crippen LogP contribution in [-0.2, 0) is 19.2 Å². The summed E-state index contributed by atoms with van der Waals surface area (Å²) in [7, 11) is 0. The fourth-order valence-electron chi connectivity index (χ4n) is 1.81. The molecule has 0 fully saturated rings. The molecular formula is C12H12F3N3O. The van der Waals surface area contributed by atoms with Gasteiger partial charge in [-0.05, 0) is 30.7 Å². The molecule has 4 nitrogen and oxygen atoms in total. The minimum atomic E-state index is -4.36. The van der Waals surface area contributed by atoms with Crippen molar-refractivity contribution in [3.63, 3.8) is 0 Å². The van der Waals surface area contributed by atoms with Crippen LogP contribution in [0.4, 0.5) is 13.2 Å². The topological polar surface area (TPSA) is 50.9 Å². The minimum Gasteiger partial charge on any atom is -0.390 e. The predicted octanol–water partition coefficient (Wildman–Crippen LogP) is 2.34. The smallest absolute Gasteiger partial charge is 0.390 e. The molecule has 0 bridgehead atoms. The highest BCUT2D eigenvalue weighted by Gasteiger charge is 2.30. The number of rotatable bonds is 3. The molecule has 2 aromatic rings. The zero-order valence-electron chi connectivity index (χ0n) is 10.1. The van der Waals surface area contributed by atoms with E-state index in [1.165, 1.54) is 16.8 Å². The molecule has 0 aliphatic heterocycles. The third-order valence-corrected chi connectivity index (χ3v) is 2.77. The molecule has 7 heteroatoms. The lowest BCUT2D eigenvalue weighted by molar-refractivity contribution is -0.137. The molecule has 0 aliphatic carbocycles. The van der Waals surface area contributed by atoms with E-state index in [2.05, 4.69) is 10.3 Å². The average molecular weight is 271 g/mol. The molecule has 0 saturated heterocycles. The summed E-state index contributed by atoms with van der Waals surface area (Å²) in [5.41, 5.74) is 0.888. The molecule has 1 N–H and O–H groups in total. The molecule has 1 aromatic carbocycles. The van der Waals surface area contributed by atoms with E-state index in [0.717, 1.165) is 12.1 Å². The van der Waals surface area contributed by atoms with Gasteiger partial charge in [-0.2, -0.15) is 13.2 Å². The third kappa shape index (κ3) is 2.60. The third-order valence-electron chi connectivity index (χ3n) is 2.77. The number of hydrogen-bond donors (Lipinski definition) is 1. The van der Waals surface area contributed by atoms with Crippen LogP contribution in [0.25, 0.3) is 5.69 Å². The Bertz CT molecular complexity index is 561. The molecular weight excluding hydrogens is 259 g/mol. The van der Waals surface area contributed by atoms with Crippen molar-refractivity contribution >= 4 is 0 Å². The molecule has 1 heterocycles. The van der Waals surface area contributed by atoms with Crippen molar-refractivity contribution in [3.8, 4) is 5.69 Å². The monoisotopic (exact) mass is 271 g/mol. The second-order valence-corrected chi connectivity index (χ2v) is 3.95. The summed E-state index contributed by atoms with van der Waals surface area (Å²) in [5.74, 6) is 0. The lowest BCUT2D eigenvalue weighted by Gasteiger charge is -2.09. The van der Waals surface area contributed by atoms with Crippen LogP contribution in [0.5, 0.6) is 0 Å². The van der Waals surface area contributed by atoms with E-state index in [1.807, 2.05) is 6.92 Å². The lowest BCUT2D eigenvalue weighted by atomic mass is 10.2. The molecule has 0 radical (unpaired) electrons. The Kier molecular flexibility index (Phi) is 3.57. The first-order chi connectivity index (χ1) is 8.97. The Balaban J connectivity index is 2.40. The highest BCUT2D eigenvalue weighted by Crippen LogP contribution is 2.29. The zero-order valence-corrected chi connectivity index (χ0v) is 10.1. The first-order valence-corrected chi connectivity index (χ1v) is 5.69. The van der Waals surface area contributed by atoms with Crippen LogP contribution in [-0.4, -0.2) is 20.1 Å². The fraction of sp³-hybridized carbons (Fsp3) is 0.333. The number of halogens is 3. The van der Waals surface area contributed by atoms with E-state index >= 15 is 0 Å². The Morgan fingerprint density at radius 2 is 1.84 bits per heavy atom. The van der Waals surface area contributed by atoms with E-state index in [4.69, 9.17) is 5.11 Å². The summed E-state index contributed by atoms with van der Waals surface area (Å²) < 4.78 is 38.8. The average Bonchev–Trinajstić information content (AvgIpc) is 2.80. The van der Waals surface area contributed by atoms with Crippen molar-refractivity contribution in [1.29, 1.82) is 0 Å². The van der Waals surface area contributed by atoms with Crippen LogP contribution >= 0.6 is 0 Å². The standard InChI is InChI=1S/C12H12F3N3O/c1-2-11-10(7-19)16-17-18(11)9-5-3-8(4-6-9)12(13,14)15/h3-6,19H,2,7H2,1H3. The molecule has 0 atom stereocenters. The number of aliphatic hydroxyl groups is 1. The van der Waals surface area contributed by atoms with Gasteiger partial charge in [-0.1, -0.05) is 12.1 Å². The molecule has 19 heavy (non-hydrogen) atoms. The van der Waals surface area contributed by atoms with E-state index < -0.39 is 11.7 Å². The Morgan fingerprint density at radius 3 is 2.32 bits per heavy atom. The maximum absolute atomic E-state index is 12.5. The molecule has 0 amide bonds. The van der Waals surface area contributed by atoms with Gasteiger partial charge in [0.25, 0.3) is 0 Å². The van der Waals surface area contributed by atoms with Crippen molar-refractivity contribution in [1.82, 2.24) is 15.0 Å². The van der Waals surface area contributed by atoms with Gasteiger partial charge in [-0.3, -0.25) is 0 Å². The maximum Gasteiger partial charge on any atom is 0.416 e. The van der Waals surface area contributed by atoms with Gasteiger partial charge in [0.1, 0.15) is 5.69 Å². The van der Waals surface area contributed by atoms with E-state index in [-0.39, 0.29) is 6.61 Å². The van der Waals surface area contributed by atoms with Gasteiger partial charge in [-0.15, -0.1) is 5.10 Å². The van der Waals surface area contributed by atoms with Gasteiger partial charge >= 0.3 is 6.18 Å². The molecule has 102 valence electrons. The van der Waals surface area contributed by atoms with Gasteiger partial charge in [0.15, 0.2) is 0 Å². The number of hydrogen-bond acceptors (Lipinski definition) is 3. The van der Waals surface area contributed by atoms with Gasteiger partial charge < -0.3 is 5.11 Å². The second kappa shape index (κ2) is 5.00. The van der Waals surface area contributed by atoms with Crippen molar-refractivity contribution in [2.45, 2.75) is 26.1 Å². The van der Waals surface area contributed by atoms with E-state index in [1.54, 1.807) is 0 Å². The first-order valence-electron chi connectivity index (χ1n) is 5.69. The molecule has 0 saturated carbocycles. The van der Waals surface area contributed by atoms with Gasteiger partial charge in [-0.25, -0.2) is 4.68 Å². The van der Waals surface area contributed by atoms with E-state index in [0.29, 0.717) is 23.5 Å². The Hall–Kier alpha value is -1.89. The van der Waals surface area contributed by atoms with Gasteiger partial charge in [0.2, 0.25) is 0 Å². The quantitative estimate of drug-likeness (QED) is 0.932. The Morgan fingerprint density at radius 1 is 1.21 bits per heavy atom. The maximum atomic E-state index is 12.5. The lowest BCUT2D eigenvalue weighted by Crippen LogP contribution is -2.06. The summed E-state index contributed by atoms with van der Waals surface area (Å²) in [6.07, 6.45) is -3.78. The summed E-state index contributed by atoms with van der Waals surface area (Å²) in [6, 6.07) is 4.65. The van der Waals surface area contributed by atoms with Crippen LogP contribution in [0.1, 0.15) is 23.9 Å². The van der Waals surface area contributed by atoms with Crippen LogP contribution in [0.2, 0.25) is 0 Å². The van der Waals surface area contributed by atoms with Gasteiger partial charge in [0.05, 0.1) is 23.6 Å². The number of aliphatic hydroxyl groups excluding tert-OH is 1. The number of benzene rings is 1. The largest absolute Gasteiger partial charge is 0.416 e. The number of nitrogens with zero attached hydrogens (tertiary/aromatic N) is 3.